The van der Waals surface area contributed by atoms with Crippen LogP contribution in [0.4, 0.5) is 0 Å². The van der Waals surface area contributed by atoms with Crippen LogP contribution in [0.3, 0.4) is 0 Å². The van der Waals surface area contributed by atoms with Crippen LogP contribution in [-0.2, 0) is 16.0 Å². The van der Waals surface area contributed by atoms with Crippen molar-refractivity contribution < 1.29 is 9.53 Å². The Morgan fingerprint density at radius 2 is 2.17 bits per heavy atom. The number of rotatable bonds is 4. The van der Waals surface area contributed by atoms with E-state index in [0.717, 1.165) is 25.9 Å². The van der Waals surface area contributed by atoms with Crippen molar-refractivity contribution in [3.05, 3.63) is 35.9 Å². The van der Waals surface area contributed by atoms with Gasteiger partial charge in [0.1, 0.15) is 0 Å². The van der Waals surface area contributed by atoms with E-state index in [0.29, 0.717) is 13.0 Å². The van der Waals surface area contributed by atoms with E-state index in [2.05, 4.69) is 12.1 Å². The lowest BCUT2D eigenvalue weighted by Gasteiger charge is -2.31. The molecule has 0 spiro atoms. The number of amides is 1. The van der Waals surface area contributed by atoms with Gasteiger partial charge in [0, 0.05) is 19.5 Å². The molecule has 1 aromatic rings. The zero-order valence-corrected chi connectivity index (χ0v) is 11.0. The molecule has 3 heteroatoms. The molecular formula is C15H21NO2. The van der Waals surface area contributed by atoms with Gasteiger partial charge >= 0.3 is 0 Å². The molecule has 2 rings (SSSR count). The Balaban J connectivity index is 1.71. The lowest BCUT2D eigenvalue weighted by atomic mass is 10.1. The third-order valence-electron chi connectivity index (χ3n) is 3.29. The first-order valence-corrected chi connectivity index (χ1v) is 6.69. The van der Waals surface area contributed by atoms with Crippen LogP contribution in [0.5, 0.6) is 0 Å². The maximum Gasteiger partial charge on any atom is 0.222 e. The molecule has 0 radical (unpaired) electrons. The molecule has 1 fully saturated rings. The second-order valence-electron chi connectivity index (χ2n) is 4.86. The summed E-state index contributed by atoms with van der Waals surface area (Å²) in [5, 5.41) is 0. The second kappa shape index (κ2) is 6.55. The summed E-state index contributed by atoms with van der Waals surface area (Å²) in [6, 6.07) is 10.3. The van der Waals surface area contributed by atoms with Crippen molar-refractivity contribution >= 4 is 5.91 Å². The van der Waals surface area contributed by atoms with Crippen molar-refractivity contribution in [2.75, 3.05) is 19.7 Å². The Bertz CT molecular complexity index is 377. The summed E-state index contributed by atoms with van der Waals surface area (Å²) in [5.74, 6) is 0.265. The minimum atomic E-state index is 0.178. The molecule has 98 valence electrons. The number of hydrogen-bond acceptors (Lipinski definition) is 2. The van der Waals surface area contributed by atoms with Crippen molar-refractivity contribution in [1.29, 1.82) is 0 Å². The SMILES string of the molecule is CC1CN(C(=O)CCCc2ccccc2)CCO1. The molecule has 0 saturated carbocycles. The lowest BCUT2D eigenvalue weighted by Crippen LogP contribution is -2.44. The van der Waals surface area contributed by atoms with E-state index in [-0.39, 0.29) is 12.0 Å². The fourth-order valence-electron chi connectivity index (χ4n) is 2.29. The summed E-state index contributed by atoms with van der Waals surface area (Å²) >= 11 is 0. The maximum absolute atomic E-state index is 12.0. The topological polar surface area (TPSA) is 29.5 Å². The Kier molecular flexibility index (Phi) is 4.76. The number of benzene rings is 1. The fourth-order valence-corrected chi connectivity index (χ4v) is 2.29. The predicted molar refractivity (Wildman–Crippen MR) is 71.4 cm³/mol. The van der Waals surface area contributed by atoms with Gasteiger partial charge in [-0.1, -0.05) is 30.3 Å². The van der Waals surface area contributed by atoms with Crippen molar-refractivity contribution in [2.45, 2.75) is 32.3 Å². The van der Waals surface area contributed by atoms with Gasteiger partial charge in [-0.3, -0.25) is 4.79 Å². The monoisotopic (exact) mass is 247 g/mol. The van der Waals surface area contributed by atoms with Crippen LogP contribution in [0.2, 0.25) is 0 Å². The average molecular weight is 247 g/mol. The molecule has 1 aliphatic rings. The highest BCUT2D eigenvalue weighted by Gasteiger charge is 2.20. The summed E-state index contributed by atoms with van der Waals surface area (Å²) in [6.45, 7) is 4.17. The summed E-state index contributed by atoms with van der Waals surface area (Å²) < 4.78 is 5.44. The van der Waals surface area contributed by atoms with E-state index in [1.54, 1.807) is 0 Å². The van der Waals surface area contributed by atoms with E-state index < -0.39 is 0 Å². The largest absolute Gasteiger partial charge is 0.375 e. The van der Waals surface area contributed by atoms with Crippen LogP contribution in [0.25, 0.3) is 0 Å². The molecule has 1 unspecified atom stereocenters. The first-order chi connectivity index (χ1) is 8.75. The van der Waals surface area contributed by atoms with Crippen LogP contribution < -0.4 is 0 Å². The van der Waals surface area contributed by atoms with Gasteiger partial charge in [0.25, 0.3) is 0 Å². The second-order valence-corrected chi connectivity index (χ2v) is 4.86. The molecule has 1 aromatic carbocycles. The van der Waals surface area contributed by atoms with E-state index in [9.17, 15) is 4.79 Å². The Morgan fingerprint density at radius 1 is 1.39 bits per heavy atom. The van der Waals surface area contributed by atoms with Gasteiger partial charge in [0.2, 0.25) is 5.91 Å². The van der Waals surface area contributed by atoms with Crippen LogP contribution in [0.1, 0.15) is 25.3 Å². The highest BCUT2D eigenvalue weighted by atomic mass is 16.5. The summed E-state index contributed by atoms with van der Waals surface area (Å²) in [7, 11) is 0. The summed E-state index contributed by atoms with van der Waals surface area (Å²) in [4.78, 5) is 13.9. The fraction of sp³-hybridized carbons (Fsp3) is 0.533. The minimum absolute atomic E-state index is 0.178. The third kappa shape index (κ3) is 3.84. The predicted octanol–water partition coefficient (Wildman–Crippen LogP) is 2.26. The van der Waals surface area contributed by atoms with E-state index in [1.165, 1.54) is 5.56 Å². The van der Waals surface area contributed by atoms with Gasteiger partial charge in [-0.15, -0.1) is 0 Å². The van der Waals surface area contributed by atoms with Crippen LogP contribution in [-0.4, -0.2) is 36.6 Å². The van der Waals surface area contributed by atoms with Gasteiger partial charge in [-0.25, -0.2) is 0 Å². The van der Waals surface area contributed by atoms with E-state index >= 15 is 0 Å². The van der Waals surface area contributed by atoms with E-state index in [4.69, 9.17) is 4.74 Å². The molecule has 18 heavy (non-hydrogen) atoms. The van der Waals surface area contributed by atoms with Crippen LogP contribution in [0.15, 0.2) is 30.3 Å². The first-order valence-electron chi connectivity index (χ1n) is 6.69. The Hall–Kier alpha value is -1.35. The lowest BCUT2D eigenvalue weighted by molar-refractivity contribution is -0.138. The van der Waals surface area contributed by atoms with Gasteiger partial charge < -0.3 is 9.64 Å². The number of nitrogens with zero attached hydrogens (tertiary/aromatic N) is 1. The molecule has 3 nitrogen and oxygen atoms in total. The number of carbonyl (C=O) groups excluding carboxylic acids is 1. The molecule has 1 amide bonds. The molecule has 1 aliphatic heterocycles. The summed E-state index contributed by atoms with van der Waals surface area (Å²) in [5.41, 5.74) is 1.31. The number of ether oxygens (including phenoxy) is 1. The highest BCUT2D eigenvalue weighted by Crippen LogP contribution is 2.09. The molecule has 0 aliphatic carbocycles. The molecule has 0 N–H and O–H groups in total. The standard InChI is InChI=1S/C15H21NO2/c1-13-12-16(10-11-18-13)15(17)9-5-8-14-6-3-2-4-7-14/h2-4,6-7,13H,5,8-12H2,1H3. The Morgan fingerprint density at radius 3 is 2.89 bits per heavy atom. The number of aryl methyl sites for hydroxylation is 1. The van der Waals surface area contributed by atoms with Crippen molar-refractivity contribution in [2.24, 2.45) is 0 Å². The minimum Gasteiger partial charge on any atom is -0.375 e. The van der Waals surface area contributed by atoms with Crippen molar-refractivity contribution in [3.63, 3.8) is 0 Å². The van der Waals surface area contributed by atoms with E-state index in [1.807, 2.05) is 30.0 Å². The molecule has 0 bridgehead atoms. The number of hydrogen-bond donors (Lipinski definition) is 0. The van der Waals surface area contributed by atoms with Crippen molar-refractivity contribution in [3.8, 4) is 0 Å². The summed E-state index contributed by atoms with van der Waals surface area (Å²) in [6.07, 6.45) is 2.72. The molecule has 1 atom stereocenters. The number of morpholine rings is 1. The first kappa shape index (κ1) is 13.1. The van der Waals surface area contributed by atoms with Gasteiger partial charge in [-0.05, 0) is 25.3 Å². The zero-order valence-electron chi connectivity index (χ0n) is 11.0. The highest BCUT2D eigenvalue weighted by molar-refractivity contribution is 5.76. The van der Waals surface area contributed by atoms with Crippen LogP contribution >= 0.6 is 0 Å². The molecule has 1 heterocycles. The quantitative estimate of drug-likeness (QED) is 0.816. The average Bonchev–Trinajstić information content (AvgIpc) is 2.40. The van der Waals surface area contributed by atoms with Crippen LogP contribution in [0, 0.1) is 0 Å². The smallest absolute Gasteiger partial charge is 0.222 e. The van der Waals surface area contributed by atoms with Crippen molar-refractivity contribution in [1.82, 2.24) is 4.90 Å². The number of carbonyl (C=O) groups is 1. The zero-order chi connectivity index (χ0) is 12.8. The third-order valence-corrected chi connectivity index (χ3v) is 3.29. The van der Waals surface area contributed by atoms with Gasteiger partial charge in [-0.2, -0.15) is 0 Å². The molecule has 1 saturated heterocycles. The van der Waals surface area contributed by atoms with Gasteiger partial charge in [0.05, 0.1) is 12.7 Å². The molecule has 0 aromatic heterocycles. The maximum atomic E-state index is 12.0. The Labute approximate surface area is 109 Å². The van der Waals surface area contributed by atoms with Gasteiger partial charge in [0.15, 0.2) is 0 Å². The molecular weight excluding hydrogens is 226 g/mol. The normalized spacial score (nSPS) is 19.8.